The molecule has 4 nitrogen and oxygen atoms in total. The highest BCUT2D eigenvalue weighted by molar-refractivity contribution is 6.42. The van der Waals surface area contributed by atoms with Crippen molar-refractivity contribution in [3.63, 3.8) is 0 Å². The third-order valence-corrected chi connectivity index (χ3v) is 4.38. The normalized spacial score (nSPS) is 22.0. The summed E-state index contributed by atoms with van der Waals surface area (Å²) in [5.41, 5.74) is 6.34. The molecule has 1 fully saturated rings. The van der Waals surface area contributed by atoms with Gasteiger partial charge in [0, 0.05) is 18.2 Å². The fourth-order valence-corrected chi connectivity index (χ4v) is 2.68. The van der Waals surface area contributed by atoms with E-state index < -0.39 is 0 Å². The van der Waals surface area contributed by atoms with Crippen LogP contribution in [0.2, 0.25) is 10.0 Å². The molecule has 0 atom stereocenters. The van der Waals surface area contributed by atoms with Crippen LogP contribution in [-0.2, 0) is 4.74 Å². The minimum absolute atomic E-state index is 0.178. The van der Waals surface area contributed by atoms with Crippen LogP contribution in [0.1, 0.15) is 36.0 Å². The van der Waals surface area contributed by atoms with Gasteiger partial charge in [-0.15, -0.1) is 0 Å². The summed E-state index contributed by atoms with van der Waals surface area (Å²) >= 11 is 11.7. The summed E-state index contributed by atoms with van der Waals surface area (Å²) in [6.45, 7) is 0.981. The predicted molar refractivity (Wildman–Crippen MR) is 85.0 cm³/mol. The van der Waals surface area contributed by atoms with Gasteiger partial charge in [0.1, 0.15) is 0 Å². The van der Waals surface area contributed by atoms with Gasteiger partial charge in [-0.05, 0) is 43.9 Å². The molecule has 1 aromatic rings. The lowest BCUT2D eigenvalue weighted by molar-refractivity contribution is 0.0267. The molecule has 1 saturated carbocycles. The van der Waals surface area contributed by atoms with Crippen molar-refractivity contribution in [3.05, 3.63) is 33.8 Å². The molecule has 0 aromatic heterocycles. The topological polar surface area (TPSA) is 64.3 Å². The first-order valence-corrected chi connectivity index (χ1v) is 7.92. The lowest BCUT2D eigenvalue weighted by Gasteiger charge is -2.26. The Hall–Kier alpha value is -0.810. The van der Waals surface area contributed by atoms with Crippen molar-refractivity contribution < 1.29 is 9.53 Å². The third kappa shape index (κ3) is 5.15. The van der Waals surface area contributed by atoms with Gasteiger partial charge in [-0.2, -0.15) is 0 Å². The van der Waals surface area contributed by atoms with E-state index in [9.17, 15) is 4.79 Å². The van der Waals surface area contributed by atoms with E-state index in [2.05, 4.69) is 5.32 Å². The second kappa shape index (κ2) is 7.99. The van der Waals surface area contributed by atoms with E-state index in [1.165, 1.54) is 0 Å². The molecule has 0 unspecified atom stereocenters. The lowest BCUT2D eigenvalue weighted by atomic mass is 9.94. The Morgan fingerprint density at radius 1 is 1.24 bits per heavy atom. The first-order chi connectivity index (χ1) is 10.1. The van der Waals surface area contributed by atoms with Gasteiger partial charge in [-0.3, -0.25) is 4.79 Å². The summed E-state index contributed by atoms with van der Waals surface area (Å²) in [6.07, 6.45) is 4.30. The standard InChI is InChI=1S/C15H20Cl2N2O2/c16-13-6-1-10(9-14(13)17)15(20)19-7-8-21-12-4-2-11(18)3-5-12/h1,6,9,11-12H,2-5,7-8,18H2,(H,19,20). The molecule has 1 aromatic carbocycles. The molecule has 3 N–H and O–H groups in total. The summed E-state index contributed by atoms with van der Waals surface area (Å²) in [5, 5.41) is 3.61. The molecule has 116 valence electrons. The smallest absolute Gasteiger partial charge is 0.251 e. The van der Waals surface area contributed by atoms with Gasteiger partial charge in [0.05, 0.1) is 22.8 Å². The van der Waals surface area contributed by atoms with E-state index in [4.69, 9.17) is 33.7 Å². The van der Waals surface area contributed by atoms with Crippen LogP contribution in [0.15, 0.2) is 18.2 Å². The lowest BCUT2D eigenvalue weighted by Crippen LogP contribution is -2.33. The zero-order chi connectivity index (χ0) is 15.2. The van der Waals surface area contributed by atoms with E-state index in [0.29, 0.717) is 34.8 Å². The van der Waals surface area contributed by atoms with E-state index in [1.807, 2.05) is 0 Å². The molecule has 6 heteroatoms. The number of nitrogens with one attached hydrogen (secondary N) is 1. The molecule has 0 spiro atoms. The number of halogens is 2. The molecule has 1 aliphatic carbocycles. The molecular formula is C15H20Cl2N2O2. The molecule has 0 saturated heterocycles. The zero-order valence-corrected chi connectivity index (χ0v) is 13.3. The molecule has 1 amide bonds. The third-order valence-electron chi connectivity index (χ3n) is 3.64. The van der Waals surface area contributed by atoms with E-state index in [-0.39, 0.29) is 12.0 Å². The number of amides is 1. The summed E-state index contributed by atoms with van der Waals surface area (Å²) in [6, 6.07) is 5.13. The SMILES string of the molecule is NC1CCC(OCCNC(=O)c2ccc(Cl)c(Cl)c2)CC1. The van der Waals surface area contributed by atoms with Crippen LogP contribution in [0, 0.1) is 0 Å². The number of benzene rings is 1. The number of carbonyl (C=O) groups is 1. The van der Waals surface area contributed by atoms with E-state index in [0.717, 1.165) is 25.7 Å². The van der Waals surface area contributed by atoms with Crippen molar-refractivity contribution in [1.29, 1.82) is 0 Å². The summed E-state index contributed by atoms with van der Waals surface area (Å²) in [4.78, 5) is 11.9. The Morgan fingerprint density at radius 3 is 2.62 bits per heavy atom. The van der Waals surface area contributed by atoms with Gasteiger partial charge in [0.15, 0.2) is 0 Å². The molecule has 0 heterocycles. The van der Waals surface area contributed by atoms with Crippen molar-refractivity contribution >= 4 is 29.1 Å². The van der Waals surface area contributed by atoms with Crippen molar-refractivity contribution in [1.82, 2.24) is 5.32 Å². The van der Waals surface area contributed by atoms with Gasteiger partial charge in [0.2, 0.25) is 0 Å². The van der Waals surface area contributed by atoms with Gasteiger partial charge in [-0.1, -0.05) is 23.2 Å². The Bertz CT molecular complexity index is 489. The van der Waals surface area contributed by atoms with Crippen LogP contribution in [0.5, 0.6) is 0 Å². The Morgan fingerprint density at radius 2 is 1.95 bits per heavy atom. The maximum Gasteiger partial charge on any atom is 0.251 e. The number of hydrogen-bond donors (Lipinski definition) is 2. The van der Waals surface area contributed by atoms with Crippen LogP contribution in [0.4, 0.5) is 0 Å². The van der Waals surface area contributed by atoms with Gasteiger partial charge in [0.25, 0.3) is 5.91 Å². The largest absolute Gasteiger partial charge is 0.376 e. The van der Waals surface area contributed by atoms with Gasteiger partial charge >= 0.3 is 0 Å². The van der Waals surface area contributed by atoms with Crippen molar-refractivity contribution in [3.8, 4) is 0 Å². The highest BCUT2D eigenvalue weighted by Crippen LogP contribution is 2.22. The van der Waals surface area contributed by atoms with Crippen LogP contribution < -0.4 is 11.1 Å². The number of nitrogens with two attached hydrogens (primary N) is 1. The Balaban J connectivity index is 1.68. The minimum atomic E-state index is -0.178. The van der Waals surface area contributed by atoms with E-state index >= 15 is 0 Å². The maximum absolute atomic E-state index is 11.9. The average molecular weight is 331 g/mol. The molecule has 1 aliphatic rings. The Kier molecular flexibility index (Phi) is 6.30. The van der Waals surface area contributed by atoms with Crippen LogP contribution in [0.3, 0.4) is 0 Å². The maximum atomic E-state index is 11.9. The van der Waals surface area contributed by atoms with Crippen LogP contribution in [-0.4, -0.2) is 31.2 Å². The number of ether oxygens (including phenoxy) is 1. The quantitative estimate of drug-likeness (QED) is 0.815. The Labute approximate surface area is 134 Å². The first kappa shape index (κ1) is 16.6. The monoisotopic (exact) mass is 330 g/mol. The van der Waals surface area contributed by atoms with Crippen molar-refractivity contribution in [2.75, 3.05) is 13.2 Å². The fourth-order valence-electron chi connectivity index (χ4n) is 2.38. The summed E-state index contributed by atoms with van der Waals surface area (Å²) in [5.74, 6) is -0.178. The summed E-state index contributed by atoms with van der Waals surface area (Å²) < 4.78 is 5.74. The molecule has 2 rings (SSSR count). The second-order valence-electron chi connectivity index (χ2n) is 5.29. The average Bonchev–Trinajstić information content (AvgIpc) is 2.48. The molecule has 0 aliphatic heterocycles. The minimum Gasteiger partial charge on any atom is -0.376 e. The van der Waals surface area contributed by atoms with Gasteiger partial charge < -0.3 is 15.8 Å². The van der Waals surface area contributed by atoms with Crippen LogP contribution in [0.25, 0.3) is 0 Å². The molecule has 0 bridgehead atoms. The molecular weight excluding hydrogens is 311 g/mol. The van der Waals surface area contributed by atoms with E-state index in [1.54, 1.807) is 18.2 Å². The summed E-state index contributed by atoms with van der Waals surface area (Å²) in [7, 11) is 0. The number of rotatable bonds is 5. The van der Waals surface area contributed by atoms with Gasteiger partial charge in [-0.25, -0.2) is 0 Å². The zero-order valence-electron chi connectivity index (χ0n) is 11.8. The second-order valence-corrected chi connectivity index (χ2v) is 6.11. The molecule has 0 radical (unpaired) electrons. The molecule has 21 heavy (non-hydrogen) atoms. The first-order valence-electron chi connectivity index (χ1n) is 7.16. The highest BCUT2D eigenvalue weighted by Gasteiger charge is 2.18. The van der Waals surface area contributed by atoms with Crippen molar-refractivity contribution in [2.45, 2.75) is 37.8 Å². The predicted octanol–water partition coefficient (Wildman–Crippen LogP) is 3.01. The fraction of sp³-hybridized carbons (Fsp3) is 0.533. The number of hydrogen-bond acceptors (Lipinski definition) is 3. The van der Waals surface area contributed by atoms with Crippen LogP contribution >= 0.6 is 23.2 Å². The van der Waals surface area contributed by atoms with Crippen molar-refractivity contribution in [2.24, 2.45) is 5.73 Å². The number of carbonyl (C=O) groups excluding carboxylic acids is 1. The highest BCUT2D eigenvalue weighted by atomic mass is 35.5.